The molecule has 1 rings (SSSR count). The van der Waals surface area contributed by atoms with E-state index in [2.05, 4.69) is 15.4 Å². The number of anilines is 2. The Hall–Kier alpha value is -1.44. The first-order chi connectivity index (χ1) is 8.13. The summed E-state index contributed by atoms with van der Waals surface area (Å²) in [5.41, 5.74) is 3.30. The molecule has 0 radical (unpaired) electrons. The second-order valence-corrected chi connectivity index (χ2v) is 3.65. The van der Waals surface area contributed by atoms with Gasteiger partial charge in [0.25, 0.3) is 0 Å². The fourth-order valence-corrected chi connectivity index (χ4v) is 1.63. The molecule has 17 heavy (non-hydrogen) atoms. The molecule has 0 bridgehead atoms. The molecule has 7 nitrogen and oxygen atoms in total. The van der Waals surface area contributed by atoms with Crippen LogP contribution in [-0.2, 0) is 0 Å². The molecular formula is C10H19N5O2. The third-order valence-corrected chi connectivity index (χ3v) is 2.41. The van der Waals surface area contributed by atoms with E-state index in [1.54, 1.807) is 11.8 Å². The number of aromatic nitrogens is 2. The van der Waals surface area contributed by atoms with Crippen molar-refractivity contribution >= 4 is 11.6 Å². The molecule has 1 heterocycles. The van der Waals surface area contributed by atoms with Crippen molar-refractivity contribution in [3.05, 3.63) is 11.4 Å². The van der Waals surface area contributed by atoms with Crippen LogP contribution in [0.4, 0.5) is 11.6 Å². The van der Waals surface area contributed by atoms with Crippen molar-refractivity contribution in [1.29, 1.82) is 0 Å². The molecule has 1 aromatic heterocycles. The zero-order valence-corrected chi connectivity index (χ0v) is 10.1. The van der Waals surface area contributed by atoms with Gasteiger partial charge in [-0.25, -0.2) is 15.8 Å². The third kappa shape index (κ3) is 3.26. The monoisotopic (exact) mass is 241 g/mol. The maximum absolute atomic E-state index is 9.00. The van der Waals surface area contributed by atoms with Gasteiger partial charge in [-0.05, 0) is 13.8 Å². The average molecular weight is 241 g/mol. The van der Waals surface area contributed by atoms with Crippen LogP contribution in [0.25, 0.3) is 0 Å². The van der Waals surface area contributed by atoms with Crippen LogP contribution in [0.5, 0.6) is 0 Å². The predicted octanol–water partition coefficient (Wildman–Crippen LogP) is -0.830. The minimum absolute atomic E-state index is 0.00607. The van der Waals surface area contributed by atoms with Crippen molar-refractivity contribution in [2.75, 3.05) is 36.6 Å². The molecule has 0 fully saturated rings. The van der Waals surface area contributed by atoms with Crippen molar-refractivity contribution in [2.45, 2.75) is 13.8 Å². The number of hydrogen-bond donors (Lipinski definition) is 4. The van der Waals surface area contributed by atoms with Gasteiger partial charge in [0.05, 0.1) is 13.2 Å². The summed E-state index contributed by atoms with van der Waals surface area (Å²) in [6.45, 7) is 4.40. The highest BCUT2D eigenvalue weighted by Crippen LogP contribution is 2.22. The molecule has 1 aromatic rings. The summed E-state index contributed by atoms with van der Waals surface area (Å²) in [6.07, 6.45) is 0. The molecule has 0 aromatic carbocycles. The van der Waals surface area contributed by atoms with Gasteiger partial charge in [-0.1, -0.05) is 0 Å². The second kappa shape index (κ2) is 6.33. The molecule has 0 unspecified atom stereocenters. The number of aliphatic hydroxyl groups is 2. The lowest BCUT2D eigenvalue weighted by Crippen LogP contribution is -2.32. The number of nitrogens with one attached hydrogen (secondary N) is 1. The first-order valence-electron chi connectivity index (χ1n) is 5.42. The van der Waals surface area contributed by atoms with Crippen molar-refractivity contribution in [3.8, 4) is 0 Å². The van der Waals surface area contributed by atoms with Crippen LogP contribution in [0.2, 0.25) is 0 Å². The first kappa shape index (κ1) is 13.6. The van der Waals surface area contributed by atoms with Gasteiger partial charge in [-0.2, -0.15) is 0 Å². The molecule has 0 aliphatic carbocycles. The number of nitrogens with two attached hydrogens (primary N) is 1. The van der Waals surface area contributed by atoms with Crippen LogP contribution >= 0.6 is 0 Å². The third-order valence-electron chi connectivity index (χ3n) is 2.41. The highest BCUT2D eigenvalue weighted by Gasteiger charge is 2.14. The lowest BCUT2D eigenvalue weighted by Gasteiger charge is -2.24. The maximum atomic E-state index is 9.00. The minimum Gasteiger partial charge on any atom is -0.395 e. The van der Waals surface area contributed by atoms with Gasteiger partial charge in [-0.15, -0.1) is 0 Å². The molecule has 0 amide bonds. The fourth-order valence-electron chi connectivity index (χ4n) is 1.63. The summed E-state index contributed by atoms with van der Waals surface area (Å²) in [6, 6.07) is 0. The zero-order valence-electron chi connectivity index (χ0n) is 10.1. The van der Waals surface area contributed by atoms with E-state index in [4.69, 9.17) is 16.1 Å². The molecule has 0 aliphatic rings. The van der Waals surface area contributed by atoms with Gasteiger partial charge < -0.3 is 20.5 Å². The molecule has 0 atom stereocenters. The number of hydrogen-bond acceptors (Lipinski definition) is 7. The summed E-state index contributed by atoms with van der Waals surface area (Å²) in [5.74, 6) is 7.19. The quantitative estimate of drug-likeness (QED) is 0.380. The van der Waals surface area contributed by atoms with E-state index in [-0.39, 0.29) is 13.2 Å². The van der Waals surface area contributed by atoms with Gasteiger partial charge in [-0.3, -0.25) is 0 Å². The standard InChI is InChI=1S/C10H19N5O2/c1-7-9(14-11)12-8(2)13-10(7)15(3-5-16)4-6-17/h16-17H,3-6,11H2,1-2H3,(H,12,13,14). The van der Waals surface area contributed by atoms with Crippen molar-refractivity contribution in [3.63, 3.8) is 0 Å². The number of hydrazine groups is 1. The Morgan fingerprint density at radius 2 is 1.76 bits per heavy atom. The van der Waals surface area contributed by atoms with Gasteiger partial charge in [0.2, 0.25) is 0 Å². The van der Waals surface area contributed by atoms with Gasteiger partial charge >= 0.3 is 0 Å². The van der Waals surface area contributed by atoms with E-state index in [0.29, 0.717) is 30.5 Å². The molecule has 0 saturated heterocycles. The number of nitrogen functional groups attached to an aromatic ring is 1. The normalized spacial score (nSPS) is 10.4. The smallest absolute Gasteiger partial charge is 0.148 e. The average Bonchev–Trinajstić information content (AvgIpc) is 2.31. The second-order valence-electron chi connectivity index (χ2n) is 3.65. The van der Waals surface area contributed by atoms with Gasteiger partial charge in [0.1, 0.15) is 17.5 Å². The van der Waals surface area contributed by atoms with E-state index in [1.165, 1.54) is 0 Å². The maximum Gasteiger partial charge on any atom is 0.148 e. The van der Waals surface area contributed by atoms with Crippen molar-refractivity contribution < 1.29 is 10.2 Å². The van der Waals surface area contributed by atoms with E-state index in [0.717, 1.165) is 5.56 Å². The summed E-state index contributed by atoms with van der Waals surface area (Å²) in [7, 11) is 0. The van der Waals surface area contributed by atoms with Crippen LogP contribution in [0.1, 0.15) is 11.4 Å². The molecule has 96 valence electrons. The SMILES string of the molecule is Cc1nc(NN)c(C)c(N(CCO)CCO)n1. The Bertz CT molecular complexity index is 366. The molecule has 0 spiro atoms. The van der Waals surface area contributed by atoms with E-state index in [9.17, 15) is 0 Å². The Balaban J connectivity index is 3.12. The van der Waals surface area contributed by atoms with Crippen molar-refractivity contribution in [2.24, 2.45) is 5.84 Å². The van der Waals surface area contributed by atoms with Crippen LogP contribution in [-0.4, -0.2) is 46.5 Å². The first-order valence-corrected chi connectivity index (χ1v) is 5.42. The van der Waals surface area contributed by atoms with Crippen LogP contribution < -0.4 is 16.2 Å². The predicted molar refractivity (Wildman–Crippen MR) is 65.7 cm³/mol. The highest BCUT2D eigenvalue weighted by molar-refractivity contribution is 5.58. The Kier molecular flexibility index (Phi) is 5.08. The van der Waals surface area contributed by atoms with E-state index < -0.39 is 0 Å². The molecule has 5 N–H and O–H groups in total. The number of aryl methyl sites for hydroxylation is 1. The largest absolute Gasteiger partial charge is 0.395 e. The molecular weight excluding hydrogens is 222 g/mol. The fraction of sp³-hybridized carbons (Fsp3) is 0.600. The number of nitrogens with zero attached hydrogens (tertiary/aromatic N) is 3. The highest BCUT2D eigenvalue weighted by atomic mass is 16.3. The van der Waals surface area contributed by atoms with Gasteiger partial charge in [0.15, 0.2) is 0 Å². The summed E-state index contributed by atoms with van der Waals surface area (Å²) >= 11 is 0. The zero-order chi connectivity index (χ0) is 12.8. The lowest BCUT2D eigenvalue weighted by atomic mass is 10.2. The van der Waals surface area contributed by atoms with Gasteiger partial charge in [0, 0.05) is 18.7 Å². The molecule has 0 saturated carbocycles. The van der Waals surface area contributed by atoms with E-state index in [1.807, 2.05) is 6.92 Å². The Labute approximate surface area is 100 Å². The van der Waals surface area contributed by atoms with Crippen LogP contribution in [0, 0.1) is 13.8 Å². The summed E-state index contributed by atoms with van der Waals surface area (Å²) in [4.78, 5) is 10.3. The summed E-state index contributed by atoms with van der Waals surface area (Å²) < 4.78 is 0. The Morgan fingerprint density at radius 1 is 1.18 bits per heavy atom. The topological polar surface area (TPSA) is 108 Å². The van der Waals surface area contributed by atoms with Crippen LogP contribution in [0.15, 0.2) is 0 Å². The van der Waals surface area contributed by atoms with Crippen LogP contribution in [0.3, 0.4) is 0 Å². The van der Waals surface area contributed by atoms with E-state index >= 15 is 0 Å². The number of rotatable bonds is 6. The Morgan fingerprint density at radius 3 is 2.24 bits per heavy atom. The summed E-state index contributed by atoms with van der Waals surface area (Å²) in [5, 5.41) is 18.0. The van der Waals surface area contributed by atoms with Crippen molar-refractivity contribution in [1.82, 2.24) is 9.97 Å². The number of aliphatic hydroxyl groups excluding tert-OH is 2. The molecule has 0 aliphatic heterocycles. The minimum atomic E-state index is -0.00607. The molecule has 7 heteroatoms. The lowest BCUT2D eigenvalue weighted by molar-refractivity contribution is 0.280.